The van der Waals surface area contributed by atoms with Crippen LogP contribution in [0.1, 0.15) is 52.3 Å². The molecule has 1 rings (SSSR count). The van der Waals surface area contributed by atoms with Crippen molar-refractivity contribution in [2.24, 2.45) is 4.99 Å². The number of hydrogen-bond donors (Lipinski definition) is 2. The van der Waals surface area contributed by atoms with E-state index in [2.05, 4.69) is 46.5 Å². The fourth-order valence-corrected chi connectivity index (χ4v) is 1.43. The molecule has 1 aromatic rings. The van der Waals surface area contributed by atoms with Gasteiger partial charge in [-0.05, 0) is 20.8 Å². The molecule has 0 amide bonds. The number of hydrogen-bond acceptors (Lipinski definition) is 4. The molecule has 116 valence electrons. The van der Waals surface area contributed by atoms with Gasteiger partial charge in [0, 0.05) is 31.5 Å². The van der Waals surface area contributed by atoms with Crippen molar-refractivity contribution in [2.45, 2.75) is 52.5 Å². The Morgan fingerprint density at radius 1 is 1.35 bits per heavy atom. The predicted octanol–water partition coefficient (Wildman–Crippen LogP) is 2.32. The van der Waals surface area contributed by atoms with Crippen LogP contribution in [0.15, 0.2) is 9.52 Å². The van der Waals surface area contributed by atoms with Gasteiger partial charge >= 0.3 is 0 Å². The minimum Gasteiger partial charge on any atom is -0.356 e. The first-order chi connectivity index (χ1) is 8.81. The number of guanidine groups is 1. The van der Waals surface area contributed by atoms with Crippen LogP contribution in [-0.4, -0.2) is 35.2 Å². The molecule has 0 aliphatic rings. The summed E-state index contributed by atoms with van der Waals surface area (Å²) in [6.45, 7) is 11.1. The summed E-state index contributed by atoms with van der Waals surface area (Å²) in [4.78, 5) is 8.49. The summed E-state index contributed by atoms with van der Waals surface area (Å²) in [5.74, 6) is 2.48. The van der Waals surface area contributed by atoms with Crippen molar-refractivity contribution in [1.29, 1.82) is 0 Å². The van der Waals surface area contributed by atoms with Crippen LogP contribution in [0.2, 0.25) is 0 Å². The van der Waals surface area contributed by atoms with Crippen molar-refractivity contribution in [3.8, 4) is 0 Å². The van der Waals surface area contributed by atoms with E-state index in [1.54, 1.807) is 7.05 Å². The van der Waals surface area contributed by atoms with Crippen molar-refractivity contribution in [3.05, 3.63) is 11.7 Å². The van der Waals surface area contributed by atoms with Crippen LogP contribution in [0, 0.1) is 0 Å². The molecule has 0 fully saturated rings. The maximum Gasteiger partial charge on any atom is 0.228 e. The summed E-state index contributed by atoms with van der Waals surface area (Å²) in [7, 11) is 1.75. The lowest BCUT2D eigenvalue weighted by Gasteiger charge is -2.23. The summed E-state index contributed by atoms with van der Waals surface area (Å²) >= 11 is 0. The van der Waals surface area contributed by atoms with Gasteiger partial charge in [0.15, 0.2) is 11.8 Å². The minimum atomic E-state index is -0.0167. The number of aromatic nitrogens is 2. The number of halogens is 1. The first-order valence-electron chi connectivity index (χ1n) is 6.63. The first kappa shape index (κ1) is 19.1. The molecule has 0 atom stereocenters. The molecule has 6 nitrogen and oxygen atoms in total. The highest BCUT2D eigenvalue weighted by molar-refractivity contribution is 14.0. The van der Waals surface area contributed by atoms with Crippen molar-refractivity contribution in [1.82, 2.24) is 20.8 Å². The Bertz CT molecular complexity index is 423. The largest absolute Gasteiger partial charge is 0.356 e. The van der Waals surface area contributed by atoms with Crippen molar-refractivity contribution in [3.63, 3.8) is 0 Å². The van der Waals surface area contributed by atoms with E-state index in [0.717, 1.165) is 11.8 Å². The van der Waals surface area contributed by atoms with Crippen LogP contribution in [0.3, 0.4) is 0 Å². The third-order valence-electron chi connectivity index (χ3n) is 2.35. The molecular weight excluding hydrogens is 369 g/mol. The van der Waals surface area contributed by atoms with Gasteiger partial charge in [-0.15, -0.1) is 24.0 Å². The van der Waals surface area contributed by atoms with Crippen LogP contribution in [0.4, 0.5) is 0 Å². The topological polar surface area (TPSA) is 75.3 Å². The predicted molar refractivity (Wildman–Crippen MR) is 91.8 cm³/mol. The number of nitrogens with zero attached hydrogens (tertiary/aromatic N) is 3. The monoisotopic (exact) mass is 395 g/mol. The molecule has 20 heavy (non-hydrogen) atoms. The Kier molecular flexibility index (Phi) is 8.07. The third kappa shape index (κ3) is 7.06. The van der Waals surface area contributed by atoms with Crippen LogP contribution in [0.5, 0.6) is 0 Å². The molecule has 0 aromatic carbocycles. The van der Waals surface area contributed by atoms with E-state index in [1.165, 1.54) is 0 Å². The van der Waals surface area contributed by atoms with Gasteiger partial charge < -0.3 is 15.2 Å². The Morgan fingerprint density at radius 2 is 2.00 bits per heavy atom. The molecule has 0 saturated heterocycles. The second kappa shape index (κ2) is 8.43. The smallest absolute Gasteiger partial charge is 0.228 e. The van der Waals surface area contributed by atoms with Gasteiger partial charge in [0.05, 0.1) is 0 Å². The van der Waals surface area contributed by atoms with Gasteiger partial charge in [0.25, 0.3) is 0 Å². The summed E-state index contributed by atoms with van der Waals surface area (Å²) in [5, 5.41) is 10.4. The summed E-state index contributed by atoms with van der Waals surface area (Å²) < 4.78 is 5.18. The summed E-state index contributed by atoms with van der Waals surface area (Å²) in [6.07, 6.45) is 0.685. The zero-order valence-corrected chi connectivity index (χ0v) is 15.5. The zero-order chi connectivity index (χ0) is 14.5. The first-order valence-corrected chi connectivity index (χ1v) is 6.63. The van der Waals surface area contributed by atoms with E-state index < -0.39 is 0 Å². The Morgan fingerprint density at radius 3 is 2.45 bits per heavy atom. The fourth-order valence-electron chi connectivity index (χ4n) is 1.43. The van der Waals surface area contributed by atoms with E-state index in [-0.39, 0.29) is 29.5 Å². The maximum absolute atomic E-state index is 5.18. The average molecular weight is 395 g/mol. The van der Waals surface area contributed by atoms with Crippen LogP contribution in [0.25, 0.3) is 0 Å². The molecule has 7 heteroatoms. The second-order valence-electron chi connectivity index (χ2n) is 5.83. The van der Waals surface area contributed by atoms with Crippen LogP contribution < -0.4 is 10.6 Å². The normalized spacial score (nSPS) is 12.2. The third-order valence-corrected chi connectivity index (χ3v) is 2.35. The number of aliphatic imine (C=N–C) groups is 1. The molecule has 2 N–H and O–H groups in total. The average Bonchev–Trinajstić information content (AvgIpc) is 2.75. The highest BCUT2D eigenvalue weighted by Crippen LogP contribution is 2.09. The fraction of sp³-hybridized carbons (Fsp3) is 0.769. The lowest BCUT2D eigenvalue weighted by atomic mass is 10.1. The highest BCUT2D eigenvalue weighted by atomic mass is 127. The van der Waals surface area contributed by atoms with Gasteiger partial charge in [0.1, 0.15) is 0 Å². The molecule has 0 aliphatic carbocycles. The van der Waals surface area contributed by atoms with Gasteiger partial charge in [-0.3, -0.25) is 4.99 Å². The Balaban J connectivity index is 0.00000361. The van der Waals surface area contributed by atoms with Gasteiger partial charge in [-0.2, -0.15) is 4.98 Å². The quantitative estimate of drug-likeness (QED) is 0.465. The lowest BCUT2D eigenvalue weighted by Crippen LogP contribution is -2.48. The molecule has 0 saturated carbocycles. The van der Waals surface area contributed by atoms with E-state index in [1.807, 2.05) is 13.8 Å². The van der Waals surface area contributed by atoms with E-state index in [9.17, 15) is 0 Å². The summed E-state index contributed by atoms with van der Waals surface area (Å²) in [5.41, 5.74) is -0.0167. The van der Waals surface area contributed by atoms with E-state index >= 15 is 0 Å². The molecule has 0 aliphatic heterocycles. The molecule has 1 heterocycles. The van der Waals surface area contributed by atoms with Crippen LogP contribution in [-0.2, 0) is 6.42 Å². The van der Waals surface area contributed by atoms with E-state index in [4.69, 9.17) is 4.52 Å². The van der Waals surface area contributed by atoms with E-state index in [0.29, 0.717) is 24.8 Å². The van der Waals surface area contributed by atoms with Crippen molar-refractivity contribution in [2.75, 3.05) is 13.6 Å². The molecular formula is C13H26IN5O. The SMILES string of the molecule is CN=C(NCCc1nc(C(C)C)no1)NC(C)(C)C.I. The molecule has 0 spiro atoms. The van der Waals surface area contributed by atoms with Gasteiger partial charge in [0.2, 0.25) is 5.89 Å². The zero-order valence-electron chi connectivity index (χ0n) is 13.1. The highest BCUT2D eigenvalue weighted by Gasteiger charge is 2.12. The lowest BCUT2D eigenvalue weighted by molar-refractivity contribution is 0.371. The molecule has 0 unspecified atom stereocenters. The maximum atomic E-state index is 5.18. The molecule has 0 bridgehead atoms. The van der Waals surface area contributed by atoms with Crippen LogP contribution >= 0.6 is 24.0 Å². The van der Waals surface area contributed by atoms with Crippen molar-refractivity contribution < 1.29 is 4.52 Å². The Hall–Kier alpha value is -0.860. The van der Waals surface area contributed by atoms with Gasteiger partial charge in [-0.1, -0.05) is 19.0 Å². The number of rotatable bonds is 4. The van der Waals surface area contributed by atoms with Gasteiger partial charge in [-0.25, -0.2) is 0 Å². The summed E-state index contributed by atoms with van der Waals surface area (Å²) in [6, 6.07) is 0. The second-order valence-corrected chi connectivity index (χ2v) is 5.83. The minimum absolute atomic E-state index is 0. The number of nitrogens with one attached hydrogen (secondary N) is 2. The standard InChI is InChI=1S/C13H25N5O.HI/c1-9(2)11-16-10(19-18-11)7-8-15-12(14-6)17-13(3,4)5;/h9H,7-8H2,1-6H3,(H2,14,15,17);1H. The van der Waals surface area contributed by atoms with Crippen molar-refractivity contribution >= 4 is 29.9 Å². The Labute approximate surface area is 138 Å². The molecule has 1 aromatic heterocycles. The molecule has 0 radical (unpaired) electrons.